The zero-order valence-electron chi connectivity index (χ0n) is 12.2. The molecule has 0 unspecified atom stereocenters. The largest absolute Gasteiger partial charge is 0.361 e. The first-order valence-electron chi connectivity index (χ1n) is 7.77. The molecule has 2 nitrogen and oxygen atoms in total. The molecule has 0 amide bonds. The molecular formula is C17H24N2S. The fourth-order valence-electron chi connectivity index (χ4n) is 3.09. The Bertz CT molecular complexity index is 555. The Morgan fingerprint density at radius 1 is 1.25 bits per heavy atom. The molecule has 108 valence electrons. The van der Waals surface area contributed by atoms with Gasteiger partial charge in [-0.2, -0.15) is 11.8 Å². The van der Waals surface area contributed by atoms with Gasteiger partial charge in [-0.15, -0.1) is 0 Å². The van der Waals surface area contributed by atoms with Crippen LogP contribution in [0.2, 0.25) is 0 Å². The van der Waals surface area contributed by atoms with Crippen LogP contribution >= 0.6 is 11.8 Å². The molecule has 1 aromatic carbocycles. The first-order valence-corrected chi connectivity index (χ1v) is 8.93. The Morgan fingerprint density at radius 2 is 2.10 bits per heavy atom. The Balaban J connectivity index is 1.62. The van der Waals surface area contributed by atoms with Gasteiger partial charge in [0.15, 0.2) is 0 Å². The smallest absolute Gasteiger partial charge is 0.0489 e. The Morgan fingerprint density at radius 3 is 2.90 bits per heavy atom. The molecular weight excluding hydrogens is 264 g/mol. The van der Waals surface area contributed by atoms with Crippen molar-refractivity contribution in [3.8, 4) is 0 Å². The molecule has 20 heavy (non-hydrogen) atoms. The van der Waals surface area contributed by atoms with Crippen LogP contribution in [0.1, 0.15) is 30.9 Å². The van der Waals surface area contributed by atoms with Gasteiger partial charge in [0.1, 0.15) is 0 Å². The maximum atomic E-state index is 3.73. The van der Waals surface area contributed by atoms with Crippen LogP contribution in [0.4, 0.5) is 0 Å². The van der Waals surface area contributed by atoms with Crippen molar-refractivity contribution in [1.29, 1.82) is 0 Å². The maximum Gasteiger partial charge on any atom is 0.0489 e. The summed E-state index contributed by atoms with van der Waals surface area (Å²) in [5.41, 5.74) is 4.21. The third kappa shape index (κ3) is 3.04. The van der Waals surface area contributed by atoms with E-state index < -0.39 is 0 Å². The summed E-state index contributed by atoms with van der Waals surface area (Å²) in [6.07, 6.45) is 7.07. The first kappa shape index (κ1) is 14.0. The van der Waals surface area contributed by atoms with E-state index in [0.29, 0.717) is 0 Å². The van der Waals surface area contributed by atoms with Gasteiger partial charge in [-0.1, -0.05) is 25.1 Å². The molecule has 0 spiro atoms. The van der Waals surface area contributed by atoms with E-state index in [2.05, 4.69) is 53.4 Å². The second kappa shape index (κ2) is 6.68. The molecule has 0 aliphatic carbocycles. The fraction of sp³-hybridized carbons (Fsp3) is 0.529. The van der Waals surface area contributed by atoms with Crippen molar-refractivity contribution in [2.24, 2.45) is 0 Å². The van der Waals surface area contributed by atoms with Gasteiger partial charge in [0.2, 0.25) is 0 Å². The van der Waals surface area contributed by atoms with Crippen LogP contribution < -0.4 is 5.32 Å². The highest BCUT2D eigenvalue weighted by atomic mass is 32.2. The highest BCUT2D eigenvalue weighted by Crippen LogP contribution is 2.22. The second-order valence-electron chi connectivity index (χ2n) is 5.60. The molecule has 0 atom stereocenters. The molecule has 3 rings (SSSR count). The summed E-state index contributed by atoms with van der Waals surface area (Å²) in [5.74, 6) is 2.65. The van der Waals surface area contributed by atoms with E-state index in [1.165, 1.54) is 46.4 Å². The summed E-state index contributed by atoms with van der Waals surface area (Å²) < 4.78 is 0. The van der Waals surface area contributed by atoms with Crippen LogP contribution in [-0.4, -0.2) is 29.1 Å². The number of aryl methyl sites for hydroxylation is 1. The van der Waals surface area contributed by atoms with E-state index >= 15 is 0 Å². The fourth-order valence-corrected chi connectivity index (χ4v) is 4.20. The lowest BCUT2D eigenvalue weighted by atomic mass is 10.1. The van der Waals surface area contributed by atoms with Gasteiger partial charge in [-0.05, 0) is 54.9 Å². The zero-order valence-corrected chi connectivity index (χ0v) is 13.1. The summed E-state index contributed by atoms with van der Waals surface area (Å²) >= 11 is 2.09. The second-order valence-corrected chi connectivity index (χ2v) is 6.82. The molecule has 3 heteroatoms. The third-order valence-electron chi connectivity index (χ3n) is 4.32. The topological polar surface area (TPSA) is 27.8 Å². The lowest BCUT2D eigenvalue weighted by Crippen LogP contribution is -2.33. The van der Waals surface area contributed by atoms with Crippen LogP contribution in [0, 0.1) is 0 Å². The molecule has 2 N–H and O–H groups in total. The van der Waals surface area contributed by atoms with E-state index in [4.69, 9.17) is 0 Å². The zero-order chi connectivity index (χ0) is 13.8. The molecule has 1 aromatic heterocycles. The van der Waals surface area contributed by atoms with Crippen molar-refractivity contribution in [1.82, 2.24) is 10.3 Å². The third-order valence-corrected chi connectivity index (χ3v) is 5.37. The molecule has 0 radical (unpaired) electrons. The van der Waals surface area contributed by atoms with Crippen molar-refractivity contribution < 1.29 is 0 Å². The standard InChI is InChI=1S/C17H24N2S/c1-2-13-4-3-5-16-14(12-19-17(13)16)6-9-18-15-7-10-20-11-8-15/h3-5,12,15,18-19H,2,6-11H2,1H3. The van der Waals surface area contributed by atoms with Crippen LogP contribution in [0.3, 0.4) is 0 Å². The first-order chi connectivity index (χ1) is 9.88. The summed E-state index contributed by atoms with van der Waals surface area (Å²) in [4.78, 5) is 3.47. The van der Waals surface area contributed by atoms with Gasteiger partial charge in [-0.3, -0.25) is 0 Å². The predicted octanol–water partition coefficient (Wildman–Crippen LogP) is 3.76. The molecule has 0 saturated carbocycles. The van der Waals surface area contributed by atoms with Gasteiger partial charge in [0.05, 0.1) is 0 Å². The molecule has 2 aromatic rings. The normalized spacial score (nSPS) is 16.9. The summed E-state index contributed by atoms with van der Waals surface area (Å²) in [6.45, 7) is 3.32. The number of rotatable bonds is 5. The number of hydrogen-bond acceptors (Lipinski definition) is 2. The van der Waals surface area contributed by atoms with Crippen molar-refractivity contribution >= 4 is 22.7 Å². The molecule has 0 bridgehead atoms. The van der Waals surface area contributed by atoms with Gasteiger partial charge in [0, 0.05) is 23.1 Å². The van der Waals surface area contributed by atoms with Crippen LogP contribution in [-0.2, 0) is 12.8 Å². The highest BCUT2D eigenvalue weighted by molar-refractivity contribution is 7.99. The Hall–Kier alpha value is -0.930. The van der Waals surface area contributed by atoms with E-state index in [0.717, 1.165) is 25.4 Å². The maximum absolute atomic E-state index is 3.73. The van der Waals surface area contributed by atoms with Gasteiger partial charge in [-0.25, -0.2) is 0 Å². The van der Waals surface area contributed by atoms with E-state index in [-0.39, 0.29) is 0 Å². The Labute approximate surface area is 125 Å². The average Bonchev–Trinajstić information content (AvgIpc) is 2.92. The number of benzene rings is 1. The monoisotopic (exact) mass is 288 g/mol. The predicted molar refractivity (Wildman–Crippen MR) is 89.7 cm³/mol. The molecule has 1 saturated heterocycles. The van der Waals surface area contributed by atoms with E-state index in [1.54, 1.807) is 0 Å². The van der Waals surface area contributed by atoms with Crippen LogP contribution in [0.5, 0.6) is 0 Å². The minimum absolute atomic E-state index is 0.743. The Kier molecular flexibility index (Phi) is 4.69. The van der Waals surface area contributed by atoms with E-state index in [1.807, 2.05) is 0 Å². The highest BCUT2D eigenvalue weighted by Gasteiger charge is 2.13. The number of para-hydroxylation sites is 1. The lowest BCUT2D eigenvalue weighted by molar-refractivity contribution is 0.486. The summed E-state index contributed by atoms with van der Waals surface area (Å²) in [7, 11) is 0. The van der Waals surface area contributed by atoms with Gasteiger partial charge in [0.25, 0.3) is 0 Å². The molecule has 1 fully saturated rings. The number of nitrogens with one attached hydrogen (secondary N) is 2. The average molecular weight is 288 g/mol. The van der Waals surface area contributed by atoms with Gasteiger partial charge < -0.3 is 10.3 Å². The minimum Gasteiger partial charge on any atom is -0.361 e. The number of H-pyrrole nitrogens is 1. The van der Waals surface area contributed by atoms with E-state index in [9.17, 15) is 0 Å². The molecule has 1 aliphatic rings. The van der Waals surface area contributed by atoms with Crippen molar-refractivity contribution in [2.75, 3.05) is 18.1 Å². The van der Waals surface area contributed by atoms with Crippen molar-refractivity contribution in [3.63, 3.8) is 0 Å². The van der Waals surface area contributed by atoms with Crippen LogP contribution in [0.15, 0.2) is 24.4 Å². The molecule has 2 heterocycles. The number of aromatic amines is 1. The summed E-state index contributed by atoms with van der Waals surface area (Å²) in [6, 6.07) is 7.40. The quantitative estimate of drug-likeness (QED) is 0.877. The number of aromatic nitrogens is 1. The van der Waals surface area contributed by atoms with Crippen LogP contribution in [0.25, 0.3) is 10.9 Å². The number of hydrogen-bond donors (Lipinski definition) is 2. The van der Waals surface area contributed by atoms with Crippen molar-refractivity contribution in [2.45, 2.75) is 38.6 Å². The van der Waals surface area contributed by atoms with Gasteiger partial charge >= 0.3 is 0 Å². The number of fused-ring (bicyclic) bond motifs is 1. The SMILES string of the molecule is CCc1cccc2c(CCNC3CCSCC3)c[nH]c12. The summed E-state index contributed by atoms with van der Waals surface area (Å²) in [5, 5.41) is 5.13. The lowest BCUT2D eigenvalue weighted by Gasteiger charge is -2.22. The van der Waals surface area contributed by atoms with Crippen molar-refractivity contribution in [3.05, 3.63) is 35.5 Å². The minimum atomic E-state index is 0.743. The molecule has 1 aliphatic heterocycles. The number of thioether (sulfide) groups is 1.